The average molecular weight is 250 g/mol. The lowest BCUT2D eigenvalue weighted by Crippen LogP contribution is -2.35. The molecule has 5 heteroatoms. The Labute approximate surface area is 103 Å². The van der Waals surface area contributed by atoms with Crippen molar-refractivity contribution < 1.29 is 9.90 Å². The van der Waals surface area contributed by atoms with Gasteiger partial charge in [-0.25, -0.2) is 0 Å². The van der Waals surface area contributed by atoms with Crippen LogP contribution in [0.5, 0.6) is 0 Å². The number of thiophene rings is 1. The summed E-state index contributed by atoms with van der Waals surface area (Å²) < 4.78 is 1.14. The molecule has 0 spiro atoms. The van der Waals surface area contributed by atoms with Crippen LogP contribution < -0.4 is 11.5 Å². The van der Waals surface area contributed by atoms with Crippen LogP contribution in [-0.4, -0.2) is 17.1 Å². The van der Waals surface area contributed by atoms with E-state index in [1.54, 1.807) is 11.3 Å². The predicted octanol–water partition coefficient (Wildman–Crippen LogP) is 1.70. The van der Waals surface area contributed by atoms with Crippen molar-refractivity contribution in [1.29, 1.82) is 0 Å². The summed E-state index contributed by atoms with van der Waals surface area (Å²) in [7, 11) is 0. The molecule has 1 aromatic carbocycles. The molecule has 17 heavy (non-hydrogen) atoms. The second-order valence-corrected chi connectivity index (χ2v) is 4.89. The summed E-state index contributed by atoms with van der Waals surface area (Å²) >= 11 is 1.60. The van der Waals surface area contributed by atoms with Crippen LogP contribution in [0, 0.1) is 0 Å². The molecule has 5 N–H and O–H groups in total. The smallest absolute Gasteiger partial charge is 0.304 e. The molecule has 0 saturated carbocycles. The summed E-state index contributed by atoms with van der Waals surface area (Å²) in [5, 5.41) is 11.7. The van der Waals surface area contributed by atoms with Crippen molar-refractivity contribution in [3.8, 4) is 0 Å². The first kappa shape index (κ1) is 12.0. The molecule has 0 amide bonds. The van der Waals surface area contributed by atoms with Crippen molar-refractivity contribution in [3.63, 3.8) is 0 Å². The lowest BCUT2D eigenvalue weighted by Gasteiger charge is -2.17. The van der Waals surface area contributed by atoms with Crippen LogP contribution in [0.1, 0.15) is 18.0 Å². The highest BCUT2D eigenvalue weighted by atomic mass is 32.1. The van der Waals surface area contributed by atoms with E-state index in [9.17, 15) is 4.79 Å². The standard InChI is InChI=1S/C12H14N2O2S/c13-9(5-11(15)16)12(14)8-6-17-10-4-2-1-3-7(8)10/h1-4,6,9,12H,5,13-14H2,(H,15,16). The minimum absolute atomic E-state index is 0.120. The summed E-state index contributed by atoms with van der Waals surface area (Å²) in [6.07, 6.45) is -0.120. The molecule has 0 saturated heterocycles. The molecule has 0 aliphatic carbocycles. The number of aliphatic carboxylic acids is 1. The molecule has 1 aromatic heterocycles. The maximum absolute atomic E-state index is 10.6. The largest absolute Gasteiger partial charge is 0.481 e. The van der Waals surface area contributed by atoms with Crippen molar-refractivity contribution in [2.24, 2.45) is 11.5 Å². The topological polar surface area (TPSA) is 89.3 Å². The van der Waals surface area contributed by atoms with Gasteiger partial charge in [0, 0.05) is 16.8 Å². The SMILES string of the molecule is NC(CC(=O)O)C(N)c1csc2ccccc12. The first-order valence-electron chi connectivity index (χ1n) is 5.28. The molecule has 0 aliphatic heterocycles. The summed E-state index contributed by atoms with van der Waals surface area (Å²) in [5.74, 6) is -0.924. The lowest BCUT2D eigenvalue weighted by molar-refractivity contribution is -0.137. The Morgan fingerprint density at radius 2 is 2.06 bits per heavy atom. The molecule has 2 rings (SSSR count). The maximum Gasteiger partial charge on any atom is 0.304 e. The fraction of sp³-hybridized carbons (Fsp3) is 0.250. The fourth-order valence-corrected chi connectivity index (χ4v) is 2.82. The number of carboxylic acids is 1. The van der Waals surface area contributed by atoms with Gasteiger partial charge in [0.1, 0.15) is 0 Å². The van der Waals surface area contributed by atoms with Crippen molar-refractivity contribution in [2.75, 3.05) is 0 Å². The van der Waals surface area contributed by atoms with E-state index < -0.39 is 18.1 Å². The molecule has 2 atom stereocenters. The van der Waals surface area contributed by atoms with Crippen molar-refractivity contribution in [3.05, 3.63) is 35.2 Å². The van der Waals surface area contributed by atoms with Crippen LogP contribution in [0.4, 0.5) is 0 Å². The number of nitrogens with two attached hydrogens (primary N) is 2. The summed E-state index contributed by atoms with van der Waals surface area (Å²) in [6.45, 7) is 0. The molecule has 0 radical (unpaired) electrons. The zero-order chi connectivity index (χ0) is 12.4. The third-order valence-electron chi connectivity index (χ3n) is 2.74. The Balaban J connectivity index is 2.30. The van der Waals surface area contributed by atoms with Crippen molar-refractivity contribution in [1.82, 2.24) is 0 Å². The monoisotopic (exact) mass is 250 g/mol. The Hall–Kier alpha value is -1.43. The molecule has 1 heterocycles. The van der Waals surface area contributed by atoms with Crippen molar-refractivity contribution in [2.45, 2.75) is 18.5 Å². The van der Waals surface area contributed by atoms with E-state index in [2.05, 4.69) is 0 Å². The van der Waals surface area contributed by atoms with Crippen LogP contribution in [0.3, 0.4) is 0 Å². The molecular formula is C12H14N2O2S. The van der Waals surface area contributed by atoms with Gasteiger partial charge < -0.3 is 16.6 Å². The number of carboxylic acid groups (broad SMARTS) is 1. The molecule has 90 valence electrons. The Bertz CT molecular complexity index is 538. The molecule has 0 fully saturated rings. The summed E-state index contributed by atoms with van der Waals surface area (Å²) in [5.41, 5.74) is 12.7. The summed E-state index contributed by atoms with van der Waals surface area (Å²) in [4.78, 5) is 10.6. The molecule has 2 aromatic rings. The lowest BCUT2D eigenvalue weighted by atomic mass is 9.98. The third kappa shape index (κ3) is 2.46. The second-order valence-electron chi connectivity index (χ2n) is 3.97. The second kappa shape index (κ2) is 4.83. The maximum atomic E-state index is 10.6. The van der Waals surface area contributed by atoms with Gasteiger partial charge in [0.25, 0.3) is 0 Å². The van der Waals surface area contributed by atoms with Gasteiger partial charge in [-0.15, -0.1) is 11.3 Å². The highest BCUT2D eigenvalue weighted by Crippen LogP contribution is 2.30. The minimum atomic E-state index is -0.924. The fourth-order valence-electron chi connectivity index (χ4n) is 1.82. The van der Waals surface area contributed by atoms with Gasteiger partial charge in [0.05, 0.1) is 6.42 Å². The van der Waals surface area contributed by atoms with Gasteiger partial charge >= 0.3 is 5.97 Å². The average Bonchev–Trinajstić information content (AvgIpc) is 2.70. The van der Waals surface area contributed by atoms with Crippen molar-refractivity contribution >= 4 is 27.4 Å². The highest BCUT2D eigenvalue weighted by Gasteiger charge is 2.20. The van der Waals surface area contributed by atoms with Gasteiger partial charge in [-0.3, -0.25) is 4.79 Å². The first-order chi connectivity index (χ1) is 8.09. The van der Waals surface area contributed by atoms with E-state index in [4.69, 9.17) is 16.6 Å². The normalized spacial score (nSPS) is 14.7. The van der Waals surface area contributed by atoms with Gasteiger partial charge in [-0.1, -0.05) is 18.2 Å². The quantitative estimate of drug-likeness (QED) is 0.770. The molecule has 4 nitrogen and oxygen atoms in total. The minimum Gasteiger partial charge on any atom is -0.481 e. The Kier molecular flexibility index (Phi) is 3.42. The number of rotatable bonds is 4. The molecule has 0 aliphatic rings. The van der Waals surface area contributed by atoms with Crippen LogP contribution in [0.15, 0.2) is 29.6 Å². The number of fused-ring (bicyclic) bond motifs is 1. The molecule has 2 unspecified atom stereocenters. The number of hydrogen-bond acceptors (Lipinski definition) is 4. The van der Waals surface area contributed by atoms with Crippen LogP contribution in [0.2, 0.25) is 0 Å². The number of carbonyl (C=O) groups is 1. The predicted molar refractivity (Wildman–Crippen MR) is 69.0 cm³/mol. The van der Waals surface area contributed by atoms with Crippen LogP contribution >= 0.6 is 11.3 Å². The Morgan fingerprint density at radius 3 is 2.76 bits per heavy atom. The molecular weight excluding hydrogens is 236 g/mol. The van der Waals surface area contributed by atoms with E-state index in [0.717, 1.165) is 15.6 Å². The van der Waals surface area contributed by atoms with Gasteiger partial charge in [0.15, 0.2) is 0 Å². The van der Waals surface area contributed by atoms with E-state index in [0.29, 0.717) is 0 Å². The number of benzene rings is 1. The first-order valence-corrected chi connectivity index (χ1v) is 6.16. The third-order valence-corrected chi connectivity index (χ3v) is 3.72. The molecule has 0 bridgehead atoms. The zero-order valence-corrected chi connectivity index (χ0v) is 9.98. The van der Waals surface area contributed by atoms with E-state index in [1.165, 1.54) is 0 Å². The van der Waals surface area contributed by atoms with Gasteiger partial charge in [-0.05, 0) is 22.4 Å². The van der Waals surface area contributed by atoms with Gasteiger partial charge in [0.2, 0.25) is 0 Å². The van der Waals surface area contributed by atoms with E-state index in [1.807, 2.05) is 29.6 Å². The number of hydrogen-bond donors (Lipinski definition) is 3. The van der Waals surface area contributed by atoms with Crippen LogP contribution in [-0.2, 0) is 4.79 Å². The van der Waals surface area contributed by atoms with E-state index >= 15 is 0 Å². The van der Waals surface area contributed by atoms with Gasteiger partial charge in [-0.2, -0.15) is 0 Å². The summed E-state index contributed by atoms with van der Waals surface area (Å²) in [6, 6.07) is 6.89. The highest BCUT2D eigenvalue weighted by molar-refractivity contribution is 7.17. The Morgan fingerprint density at radius 1 is 1.35 bits per heavy atom. The van der Waals surface area contributed by atoms with Crippen LogP contribution in [0.25, 0.3) is 10.1 Å². The zero-order valence-electron chi connectivity index (χ0n) is 9.17. The van der Waals surface area contributed by atoms with E-state index in [-0.39, 0.29) is 6.42 Å².